The molecule has 1 aromatic heterocycles. The second-order valence-electron chi connectivity index (χ2n) is 5.41. The summed E-state index contributed by atoms with van der Waals surface area (Å²) in [6, 6.07) is 8.87. The highest BCUT2D eigenvalue weighted by Gasteiger charge is 2.28. The van der Waals surface area contributed by atoms with Gasteiger partial charge in [0.05, 0.1) is 5.56 Å². The number of aryl methyl sites for hydroxylation is 1. The quantitative estimate of drug-likeness (QED) is 0.821. The van der Waals surface area contributed by atoms with Crippen LogP contribution in [0.15, 0.2) is 39.3 Å². The minimum atomic E-state index is -0.231. The maximum absolute atomic E-state index is 12.9. The van der Waals surface area contributed by atoms with Gasteiger partial charge in [-0.1, -0.05) is 17.3 Å². The predicted octanol–water partition coefficient (Wildman–Crippen LogP) is 2.97. The number of amides is 2. The summed E-state index contributed by atoms with van der Waals surface area (Å²) in [6.45, 7) is 2.58. The fourth-order valence-corrected chi connectivity index (χ4v) is 2.98. The SMILES string of the molecule is Cc1cc(N(CN2CCCC2=O)C(=O)c2ccccc2Br)no1. The van der Waals surface area contributed by atoms with E-state index in [1.807, 2.05) is 6.07 Å². The van der Waals surface area contributed by atoms with Crippen LogP contribution in [0.1, 0.15) is 29.0 Å². The molecule has 23 heavy (non-hydrogen) atoms. The van der Waals surface area contributed by atoms with Crippen LogP contribution in [-0.2, 0) is 4.79 Å². The Bertz CT molecular complexity index is 744. The molecule has 0 atom stereocenters. The number of likely N-dealkylation sites (tertiary alicyclic amines) is 1. The molecule has 0 spiro atoms. The van der Waals surface area contributed by atoms with Gasteiger partial charge in [0, 0.05) is 23.5 Å². The van der Waals surface area contributed by atoms with Gasteiger partial charge in [-0.25, -0.2) is 0 Å². The molecule has 0 N–H and O–H groups in total. The van der Waals surface area contributed by atoms with Gasteiger partial charge in [0.15, 0.2) is 5.82 Å². The lowest BCUT2D eigenvalue weighted by Gasteiger charge is -2.26. The zero-order chi connectivity index (χ0) is 16.4. The Morgan fingerprint density at radius 2 is 2.22 bits per heavy atom. The minimum Gasteiger partial charge on any atom is -0.360 e. The summed E-state index contributed by atoms with van der Waals surface area (Å²) in [5.41, 5.74) is 0.514. The highest BCUT2D eigenvalue weighted by atomic mass is 79.9. The van der Waals surface area contributed by atoms with Crippen LogP contribution >= 0.6 is 15.9 Å². The molecule has 1 aromatic carbocycles. The predicted molar refractivity (Wildman–Crippen MR) is 88.0 cm³/mol. The van der Waals surface area contributed by atoms with Gasteiger partial charge < -0.3 is 9.42 Å². The normalized spacial score (nSPS) is 14.3. The Hall–Kier alpha value is -2.15. The standard InChI is InChI=1S/C16H16BrN3O3/c1-11-9-14(18-23-11)20(10-19-8-4-7-15(19)21)16(22)12-5-2-3-6-13(12)17/h2-3,5-6,9H,4,7-8,10H2,1H3. The van der Waals surface area contributed by atoms with E-state index in [1.165, 1.54) is 4.90 Å². The summed E-state index contributed by atoms with van der Waals surface area (Å²) in [5, 5.41) is 3.94. The summed E-state index contributed by atoms with van der Waals surface area (Å²) >= 11 is 3.40. The molecular weight excluding hydrogens is 362 g/mol. The Labute approximate surface area is 142 Å². The van der Waals surface area contributed by atoms with Gasteiger partial charge in [-0.15, -0.1) is 0 Å². The number of carbonyl (C=O) groups excluding carboxylic acids is 2. The van der Waals surface area contributed by atoms with Crippen LogP contribution in [0.5, 0.6) is 0 Å². The van der Waals surface area contributed by atoms with E-state index in [9.17, 15) is 9.59 Å². The molecule has 3 rings (SSSR count). The zero-order valence-corrected chi connectivity index (χ0v) is 14.2. The van der Waals surface area contributed by atoms with Crippen LogP contribution in [0.25, 0.3) is 0 Å². The van der Waals surface area contributed by atoms with Gasteiger partial charge in [-0.3, -0.25) is 14.5 Å². The van der Waals surface area contributed by atoms with E-state index >= 15 is 0 Å². The average Bonchev–Trinajstić information content (AvgIpc) is 3.13. The zero-order valence-electron chi connectivity index (χ0n) is 12.7. The molecule has 7 heteroatoms. The lowest BCUT2D eigenvalue weighted by molar-refractivity contribution is -0.127. The van der Waals surface area contributed by atoms with Crippen LogP contribution in [0.2, 0.25) is 0 Å². The van der Waals surface area contributed by atoms with Crippen LogP contribution in [0.4, 0.5) is 5.82 Å². The molecule has 2 heterocycles. The number of benzene rings is 1. The molecule has 1 fully saturated rings. The number of hydrogen-bond donors (Lipinski definition) is 0. The Morgan fingerprint density at radius 3 is 2.83 bits per heavy atom. The lowest BCUT2D eigenvalue weighted by Crippen LogP contribution is -2.42. The summed E-state index contributed by atoms with van der Waals surface area (Å²) in [4.78, 5) is 28.0. The first-order valence-electron chi connectivity index (χ1n) is 7.34. The first-order chi connectivity index (χ1) is 11.1. The molecular formula is C16H16BrN3O3. The summed E-state index contributed by atoms with van der Waals surface area (Å²) in [6.07, 6.45) is 1.34. The molecule has 0 unspecified atom stereocenters. The Morgan fingerprint density at radius 1 is 1.43 bits per heavy atom. The largest absolute Gasteiger partial charge is 0.360 e. The van der Waals surface area contributed by atoms with Crippen molar-refractivity contribution in [1.82, 2.24) is 10.1 Å². The van der Waals surface area contributed by atoms with Gasteiger partial charge in [-0.2, -0.15) is 0 Å². The van der Waals surface area contributed by atoms with E-state index in [0.717, 1.165) is 6.42 Å². The van der Waals surface area contributed by atoms with E-state index < -0.39 is 0 Å². The van der Waals surface area contributed by atoms with Gasteiger partial charge in [0.2, 0.25) is 5.91 Å². The maximum Gasteiger partial charge on any atom is 0.262 e. The van der Waals surface area contributed by atoms with Crippen molar-refractivity contribution in [1.29, 1.82) is 0 Å². The molecule has 0 aliphatic carbocycles. The van der Waals surface area contributed by atoms with Crippen molar-refractivity contribution >= 4 is 33.6 Å². The molecule has 1 aliphatic heterocycles. The second kappa shape index (κ2) is 6.54. The van der Waals surface area contributed by atoms with Crippen molar-refractivity contribution in [2.75, 3.05) is 18.1 Å². The van der Waals surface area contributed by atoms with E-state index in [0.29, 0.717) is 34.6 Å². The van der Waals surface area contributed by atoms with Gasteiger partial charge in [0.1, 0.15) is 12.4 Å². The number of rotatable bonds is 4. The average molecular weight is 378 g/mol. The minimum absolute atomic E-state index is 0.0511. The third-order valence-electron chi connectivity index (χ3n) is 3.73. The van der Waals surface area contributed by atoms with Gasteiger partial charge in [-0.05, 0) is 41.4 Å². The van der Waals surface area contributed by atoms with Gasteiger partial charge >= 0.3 is 0 Å². The summed E-state index contributed by atoms with van der Waals surface area (Å²) in [5.74, 6) is 0.834. The number of halogens is 1. The molecule has 0 saturated carbocycles. The van der Waals surface area contributed by atoms with E-state index in [4.69, 9.17) is 4.52 Å². The number of nitrogens with zero attached hydrogens (tertiary/aromatic N) is 3. The third-order valence-corrected chi connectivity index (χ3v) is 4.42. The van der Waals surface area contributed by atoms with Crippen LogP contribution in [0, 0.1) is 6.92 Å². The van der Waals surface area contributed by atoms with Crippen molar-refractivity contribution in [2.45, 2.75) is 19.8 Å². The van der Waals surface area contributed by atoms with Crippen LogP contribution < -0.4 is 4.90 Å². The monoisotopic (exact) mass is 377 g/mol. The summed E-state index contributed by atoms with van der Waals surface area (Å²) in [7, 11) is 0. The van der Waals surface area contributed by atoms with E-state index in [2.05, 4.69) is 21.1 Å². The molecule has 1 saturated heterocycles. The van der Waals surface area contributed by atoms with Crippen LogP contribution in [-0.4, -0.2) is 35.1 Å². The fraction of sp³-hybridized carbons (Fsp3) is 0.312. The van der Waals surface area contributed by atoms with Gasteiger partial charge in [0.25, 0.3) is 5.91 Å². The molecule has 1 aliphatic rings. The first-order valence-corrected chi connectivity index (χ1v) is 8.13. The van der Waals surface area contributed by atoms with E-state index in [1.54, 1.807) is 36.1 Å². The molecule has 6 nitrogen and oxygen atoms in total. The number of hydrogen-bond acceptors (Lipinski definition) is 4. The molecule has 0 bridgehead atoms. The van der Waals surface area contributed by atoms with Crippen molar-refractivity contribution in [2.24, 2.45) is 0 Å². The molecule has 2 amide bonds. The fourth-order valence-electron chi connectivity index (χ4n) is 2.53. The topological polar surface area (TPSA) is 66.7 Å². The Balaban J connectivity index is 1.93. The number of carbonyl (C=O) groups is 2. The highest BCUT2D eigenvalue weighted by molar-refractivity contribution is 9.10. The molecule has 120 valence electrons. The maximum atomic E-state index is 12.9. The number of anilines is 1. The molecule has 0 radical (unpaired) electrons. The highest BCUT2D eigenvalue weighted by Crippen LogP contribution is 2.23. The van der Waals surface area contributed by atoms with Crippen molar-refractivity contribution in [3.05, 3.63) is 46.1 Å². The van der Waals surface area contributed by atoms with E-state index in [-0.39, 0.29) is 18.5 Å². The third kappa shape index (κ3) is 3.29. The second-order valence-corrected chi connectivity index (χ2v) is 6.27. The number of aromatic nitrogens is 1. The molecule has 2 aromatic rings. The van der Waals surface area contributed by atoms with Crippen LogP contribution in [0.3, 0.4) is 0 Å². The smallest absolute Gasteiger partial charge is 0.262 e. The Kier molecular flexibility index (Phi) is 4.47. The van der Waals surface area contributed by atoms with Crippen molar-refractivity contribution in [3.8, 4) is 0 Å². The van der Waals surface area contributed by atoms with Crippen molar-refractivity contribution in [3.63, 3.8) is 0 Å². The lowest BCUT2D eigenvalue weighted by atomic mass is 10.2. The first kappa shape index (κ1) is 15.7. The summed E-state index contributed by atoms with van der Waals surface area (Å²) < 4.78 is 5.79. The van der Waals surface area contributed by atoms with Crippen molar-refractivity contribution < 1.29 is 14.1 Å².